The molecule has 6 nitrogen and oxygen atoms in total. The molecule has 6 heteroatoms. The lowest BCUT2D eigenvalue weighted by atomic mass is 9.94. The highest BCUT2D eigenvalue weighted by Crippen LogP contribution is 2.40. The Morgan fingerprint density at radius 3 is 2.83 bits per heavy atom. The minimum Gasteiger partial charge on any atom is -0.381 e. The first-order chi connectivity index (χ1) is 11.0. The van der Waals surface area contributed by atoms with Crippen molar-refractivity contribution in [2.75, 3.05) is 26.8 Å². The van der Waals surface area contributed by atoms with E-state index in [1.807, 2.05) is 6.92 Å². The van der Waals surface area contributed by atoms with Gasteiger partial charge in [0.2, 0.25) is 0 Å². The molecule has 0 spiro atoms. The third-order valence-electron chi connectivity index (χ3n) is 5.12. The first-order valence-corrected chi connectivity index (χ1v) is 8.47. The molecular weight excluding hydrogens is 292 g/mol. The van der Waals surface area contributed by atoms with E-state index in [9.17, 15) is 4.79 Å². The van der Waals surface area contributed by atoms with Gasteiger partial charge >= 0.3 is 0 Å². The summed E-state index contributed by atoms with van der Waals surface area (Å²) in [5.41, 5.74) is 1.10. The Labute approximate surface area is 137 Å². The van der Waals surface area contributed by atoms with E-state index in [1.54, 1.807) is 13.1 Å². The van der Waals surface area contributed by atoms with Gasteiger partial charge in [-0.1, -0.05) is 0 Å². The fourth-order valence-corrected chi connectivity index (χ4v) is 3.86. The molecule has 2 aliphatic rings. The Morgan fingerprint density at radius 2 is 2.13 bits per heavy atom. The summed E-state index contributed by atoms with van der Waals surface area (Å²) in [7, 11) is 1.63. The normalized spacial score (nSPS) is 26.4. The average molecular weight is 318 g/mol. The maximum atomic E-state index is 12.0. The molecule has 0 saturated carbocycles. The molecule has 1 amide bonds. The first-order valence-electron chi connectivity index (χ1n) is 8.47. The number of amides is 1. The van der Waals surface area contributed by atoms with E-state index in [0.29, 0.717) is 11.7 Å². The standard InChI is InChI=1S/C17H26N4O2/c1-12-11-14(15(22)18-3)20-16(19-12)17(2)7-4-8-21(17)13-5-9-23-10-6-13/h11,13H,4-10H2,1-3H3,(H,18,22). The lowest BCUT2D eigenvalue weighted by Crippen LogP contribution is -2.48. The zero-order valence-electron chi connectivity index (χ0n) is 14.3. The van der Waals surface area contributed by atoms with Gasteiger partial charge in [0.15, 0.2) is 0 Å². The van der Waals surface area contributed by atoms with E-state index < -0.39 is 0 Å². The number of ether oxygens (including phenoxy) is 1. The summed E-state index contributed by atoms with van der Waals surface area (Å²) in [5, 5.41) is 2.65. The van der Waals surface area contributed by atoms with Crippen LogP contribution in [0.2, 0.25) is 0 Å². The predicted octanol–water partition coefficient (Wildman–Crippen LogP) is 1.63. The lowest BCUT2D eigenvalue weighted by Gasteiger charge is -2.41. The van der Waals surface area contributed by atoms with Crippen LogP contribution in [-0.2, 0) is 10.3 Å². The number of rotatable bonds is 3. The molecule has 1 aromatic heterocycles. The zero-order valence-corrected chi connectivity index (χ0v) is 14.3. The highest BCUT2D eigenvalue weighted by Gasteiger charge is 2.44. The number of carbonyl (C=O) groups is 1. The van der Waals surface area contributed by atoms with E-state index in [-0.39, 0.29) is 11.4 Å². The zero-order chi connectivity index (χ0) is 16.4. The van der Waals surface area contributed by atoms with Gasteiger partial charge in [-0.3, -0.25) is 9.69 Å². The summed E-state index contributed by atoms with van der Waals surface area (Å²) < 4.78 is 5.51. The molecule has 0 aromatic carbocycles. The number of aryl methyl sites for hydroxylation is 1. The van der Waals surface area contributed by atoms with Crippen molar-refractivity contribution in [3.63, 3.8) is 0 Å². The minimum absolute atomic E-state index is 0.157. The molecule has 3 rings (SSSR count). The maximum absolute atomic E-state index is 12.0. The second kappa shape index (κ2) is 6.53. The van der Waals surface area contributed by atoms with Crippen LogP contribution in [0, 0.1) is 6.92 Å². The summed E-state index contributed by atoms with van der Waals surface area (Å²) >= 11 is 0. The van der Waals surface area contributed by atoms with Crippen LogP contribution in [-0.4, -0.2) is 53.6 Å². The van der Waals surface area contributed by atoms with Crippen LogP contribution < -0.4 is 5.32 Å². The quantitative estimate of drug-likeness (QED) is 0.917. The van der Waals surface area contributed by atoms with Crippen LogP contribution in [0.5, 0.6) is 0 Å². The topological polar surface area (TPSA) is 67.4 Å². The van der Waals surface area contributed by atoms with Gasteiger partial charge in [-0.25, -0.2) is 9.97 Å². The summed E-state index contributed by atoms with van der Waals surface area (Å²) in [4.78, 5) is 23.8. The molecule has 23 heavy (non-hydrogen) atoms. The number of nitrogens with one attached hydrogen (secondary N) is 1. The van der Waals surface area contributed by atoms with E-state index in [0.717, 1.165) is 57.0 Å². The van der Waals surface area contributed by atoms with Gasteiger partial charge in [-0.05, 0) is 52.1 Å². The van der Waals surface area contributed by atoms with Crippen molar-refractivity contribution >= 4 is 5.91 Å². The fourth-order valence-electron chi connectivity index (χ4n) is 3.86. The van der Waals surface area contributed by atoms with Crippen LogP contribution in [0.15, 0.2) is 6.07 Å². The molecule has 0 aliphatic carbocycles. The van der Waals surface area contributed by atoms with Gasteiger partial charge in [0.1, 0.15) is 11.5 Å². The summed E-state index contributed by atoms with van der Waals surface area (Å²) in [5.74, 6) is 0.621. The SMILES string of the molecule is CNC(=O)c1cc(C)nc(C2(C)CCCN2C2CCOCC2)n1. The molecule has 2 aliphatic heterocycles. The average Bonchev–Trinajstić information content (AvgIpc) is 2.97. The largest absolute Gasteiger partial charge is 0.381 e. The molecule has 2 fully saturated rings. The van der Waals surface area contributed by atoms with Crippen molar-refractivity contribution in [2.45, 2.75) is 51.1 Å². The summed E-state index contributed by atoms with van der Waals surface area (Å²) in [6.45, 7) is 6.87. The number of carbonyl (C=O) groups excluding carboxylic acids is 1. The summed E-state index contributed by atoms with van der Waals surface area (Å²) in [6, 6.07) is 2.27. The van der Waals surface area contributed by atoms with Crippen molar-refractivity contribution in [3.05, 3.63) is 23.3 Å². The lowest BCUT2D eigenvalue weighted by molar-refractivity contribution is 0.00192. The van der Waals surface area contributed by atoms with Crippen molar-refractivity contribution in [2.24, 2.45) is 0 Å². The fraction of sp³-hybridized carbons (Fsp3) is 0.706. The molecule has 1 atom stereocenters. The highest BCUT2D eigenvalue weighted by atomic mass is 16.5. The number of aromatic nitrogens is 2. The summed E-state index contributed by atoms with van der Waals surface area (Å²) in [6.07, 6.45) is 4.29. The van der Waals surface area contributed by atoms with Gasteiger partial charge in [0.25, 0.3) is 5.91 Å². The number of hydrogen-bond acceptors (Lipinski definition) is 5. The molecule has 126 valence electrons. The van der Waals surface area contributed by atoms with Crippen molar-refractivity contribution in [1.82, 2.24) is 20.2 Å². The minimum atomic E-state index is -0.198. The number of hydrogen-bond donors (Lipinski definition) is 1. The Bertz CT molecular complexity index is 586. The van der Waals surface area contributed by atoms with Crippen molar-refractivity contribution in [3.8, 4) is 0 Å². The molecular formula is C17H26N4O2. The number of nitrogens with zero attached hydrogens (tertiary/aromatic N) is 3. The molecule has 1 unspecified atom stereocenters. The Balaban J connectivity index is 1.94. The second-order valence-electron chi connectivity index (χ2n) is 6.71. The second-order valence-corrected chi connectivity index (χ2v) is 6.71. The van der Waals surface area contributed by atoms with Gasteiger partial charge in [-0.15, -0.1) is 0 Å². The smallest absolute Gasteiger partial charge is 0.269 e. The molecule has 0 bridgehead atoms. The molecule has 3 heterocycles. The van der Waals surface area contributed by atoms with Crippen LogP contribution >= 0.6 is 0 Å². The maximum Gasteiger partial charge on any atom is 0.269 e. The van der Waals surface area contributed by atoms with Crippen molar-refractivity contribution in [1.29, 1.82) is 0 Å². The monoisotopic (exact) mass is 318 g/mol. The molecule has 1 N–H and O–H groups in total. The van der Waals surface area contributed by atoms with E-state index >= 15 is 0 Å². The van der Waals surface area contributed by atoms with Crippen LogP contribution in [0.25, 0.3) is 0 Å². The Hall–Kier alpha value is -1.53. The molecule has 1 aromatic rings. The van der Waals surface area contributed by atoms with Crippen molar-refractivity contribution < 1.29 is 9.53 Å². The predicted molar refractivity (Wildman–Crippen MR) is 87.3 cm³/mol. The van der Waals surface area contributed by atoms with Gasteiger partial charge < -0.3 is 10.1 Å². The van der Waals surface area contributed by atoms with E-state index in [2.05, 4.69) is 27.1 Å². The first kappa shape index (κ1) is 16.3. The highest BCUT2D eigenvalue weighted by molar-refractivity contribution is 5.92. The third kappa shape index (κ3) is 3.10. The third-order valence-corrected chi connectivity index (χ3v) is 5.12. The molecule has 2 saturated heterocycles. The number of likely N-dealkylation sites (tertiary alicyclic amines) is 1. The van der Waals surface area contributed by atoms with Crippen LogP contribution in [0.3, 0.4) is 0 Å². The van der Waals surface area contributed by atoms with Crippen LogP contribution in [0.4, 0.5) is 0 Å². The van der Waals surface area contributed by atoms with Gasteiger partial charge in [0.05, 0.1) is 5.54 Å². The molecule has 0 radical (unpaired) electrons. The Kier molecular flexibility index (Phi) is 4.64. The van der Waals surface area contributed by atoms with Crippen LogP contribution in [0.1, 0.15) is 54.6 Å². The van der Waals surface area contributed by atoms with Gasteiger partial charge in [-0.2, -0.15) is 0 Å². The van der Waals surface area contributed by atoms with E-state index in [1.165, 1.54) is 0 Å². The Morgan fingerprint density at radius 1 is 1.39 bits per heavy atom. The van der Waals surface area contributed by atoms with E-state index in [4.69, 9.17) is 4.74 Å². The van der Waals surface area contributed by atoms with Gasteiger partial charge in [0, 0.05) is 32.0 Å².